The predicted octanol–water partition coefficient (Wildman–Crippen LogP) is 1.58. The van der Waals surface area contributed by atoms with Crippen LogP contribution in [0.25, 0.3) is 0 Å². The van der Waals surface area contributed by atoms with Gasteiger partial charge in [-0.05, 0) is 31.9 Å². The molecule has 1 aromatic rings. The molecule has 8 heteroatoms. The molecule has 8 nitrogen and oxygen atoms in total. The quantitative estimate of drug-likeness (QED) is 0.563. The first-order chi connectivity index (χ1) is 12.4. The lowest BCUT2D eigenvalue weighted by molar-refractivity contribution is -0.150. The van der Waals surface area contributed by atoms with Crippen molar-refractivity contribution in [1.29, 1.82) is 0 Å². The number of carbonyl (C=O) groups is 4. The number of rotatable bonds is 7. The largest absolute Gasteiger partial charge is 0.482 e. The highest BCUT2D eigenvalue weighted by molar-refractivity contribution is 5.95. The van der Waals surface area contributed by atoms with Gasteiger partial charge in [0.15, 0.2) is 19.0 Å². The monoisotopic (exact) mass is 362 g/mol. The summed E-state index contributed by atoms with van der Waals surface area (Å²) in [4.78, 5) is 46.1. The van der Waals surface area contributed by atoms with Crippen LogP contribution >= 0.6 is 0 Å². The van der Waals surface area contributed by atoms with E-state index in [0.29, 0.717) is 11.3 Å². The molecule has 0 saturated heterocycles. The van der Waals surface area contributed by atoms with E-state index in [-0.39, 0.29) is 11.8 Å². The lowest BCUT2D eigenvalue weighted by Gasteiger charge is -2.12. The van der Waals surface area contributed by atoms with E-state index < -0.39 is 31.1 Å². The van der Waals surface area contributed by atoms with Crippen molar-refractivity contribution in [2.24, 2.45) is 0 Å². The van der Waals surface area contributed by atoms with Crippen molar-refractivity contribution >= 4 is 23.7 Å². The van der Waals surface area contributed by atoms with Crippen LogP contribution in [0.3, 0.4) is 0 Å². The smallest absolute Gasteiger partial charge is 0.344 e. The van der Waals surface area contributed by atoms with E-state index in [1.807, 2.05) is 0 Å². The highest BCUT2D eigenvalue weighted by Gasteiger charge is 2.18. The van der Waals surface area contributed by atoms with Gasteiger partial charge < -0.3 is 14.8 Å². The Morgan fingerprint density at radius 2 is 1.85 bits per heavy atom. The first kappa shape index (κ1) is 19.4. The minimum Gasteiger partial charge on any atom is -0.482 e. The van der Waals surface area contributed by atoms with Gasteiger partial charge in [0.2, 0.25) is 0 Å². The molecule has 3 amide bonds. The molecule has 0 unspecified atom stereocenters. The molecule has 0 atom stereocenters. The van der Waals surface area contributed by atoms with Crippen molar-refractivity contribution in [3.63, 3.8) is 0 Å². The Bertz CT molecular complexity index is 682. The van der Waals surface area contributed by atoms with Gasteiger partial charge in [0.25, 0.3) is 5.91 Å². The third-order valence-corrected chi connectivity index (χ3v) is 3.90. The van der Waals surface area contributed by atoms with Crippen LogP contribution in [0.1, 0.15) is 43.0 Å². The molecule has 140 valence electrons. The Labute approximate surface area is 151 Å². The van der Waals surface area contributed by atoms with E-state index in [1.54, 1.807) is 18.2 Å². The van der Waals surface area contributed by atoms with Crippen molar-refractivity contribution in [2.75, 3.05) is 13.2 Å². The summed E-state index contributed by atoms with van der Waals surface area (Å²) in [5.41, 5.74) is 0.462. The molecular weight excluding hydrogens is 340 g/mol. The number of Topliss-reactive ketones (excluding diaryl/α,β-unsaturated/α-hetero) is 1. The van der Waals surface area contributed by atoms with Gasteiger partial charge >= 0.3 is 12.0 Å². The molecule has 0 aliphatic heterocycles. The van der Waals surface area contributed by atoms with E-state index in [1.165, 1.54) is 13.0 Å². The summed E-state index contributed by atoms with van der Waals surface area (Å²) < 4.78 is 9.97. The fourth-order valence-corrected chi connectivity index (χ4v) is 2.59. The summed E-state index contributed by atoms with van der Waals surface area (Å²) in [6.45, 7) is 0.436. The lowest BCUT2D eigenvalue weighted by atomic mass is 10.1. The third-order valence-electron chi connectivity index (χ3n) is 3.90. The van der Waals surface area contributed by atoms with E-state index in [9.17, 15) is 19.2 Å². The average molecular weight is 362 g/mol. The second-order valence-electron chi connectivity index (χ2n) is 6.04. The van der Waals surface area contributed by atoms with E-state index in [4.69, 9.17) is 9.47 Å². The number of nitrogens with one attached hydrogen (secondary N) is 2. The molecular formula is C18H22N2O6. The molecule has 2 rings (SSSR count). The Morgan fingerprint density at radius 1 is 1.12 bits per heavy atom. The zero-order chi connectivity index (χ0) is 18.9. The van der Waals surface area contributed by atoms with E-state index >= 15 is 0 Å². The number of esters is 1. The first-order valence-electron chi connectivity index (χ1n) is 8.44. The van der Waals surface area contributed by atoms with Gasteiger partial charge in [-0.1, -0.05) is 25.0 Å². The summed E-state index contributed by atoms with van der Waals surface area (Å²) in [6.07, 6.45) is 3.93. The van der Waals surface area contributed by atoms with Gasteiger partial charge in [-0.15, -0.1) is 0 Å². The number of hydrogen-bond donors (Lipinski definition) is 2. The van der Waals surface area contributed by atoms with Gasteiger partial charge in [0.05, 0.1) is 0 Å². The van der Waals surface area contributed by atoms with Crippen molar-refractivity contribution in [3.8, 4) is 5.75 Å². The van der Waals surface area contributed by atoms with Gasteiger partial charge in [-0.3, -0.25) is 14.9 Å². The minimum absolute atomic E-state index is 0.0875. The topological polar surface area (TPSA) is 111 Å². The van der Waals surface area contributed by atoms with Crippen molar-refractivity contribution in [2.45, 2.75) is 38.6 Å². The molecule has 0 radical (unpaired) electrons. The van der Waals surface area contributed by atoms with Crippen molar-refractivity contribution in [1.82, 2.24) is 10.6 Å². The minimum atomic E-state index is -0.760. The number of ketones is 1. The number of ether oxygens (including phenoxy) is 2. The average Bonchev–Trinajstić information content (AvgIpc) is 3.11. The molecule has 2 N–H and O–H groups in total. The van der Waals surface area contributed by atoms with Gasteiger partial charge in [-0.25, -0.2) is 9.59 Å². The molecule has 1 aliphatic carbocycles. The first-order valence-corrected chi connectivity index (χ1v) is 8.44. The summed E-state index contributed by atoms with van der Waals surface area (Å²) in [5, 5.41) is 4.81. The molecule has 0 bridgehead atoms. The van der Waals surface area contributed by atoms with Crippen LogP contribution in [0.4, 0.5) is 4.79 Å². The van der Waals surface area contributed by atoms with Crippen molar-refractivity contribution < 1.29 is 28.7 Å². The third kappa shape index (κ3) is 6.54. The number of imide groups is 1. The summed E-state index contributed by atoms with van der Waals surface area (Å²) in [5.74, 6) is -1.25. The Morgan fingerprint density at radius 3 is 2.54 bits per heavy atom. The molecule has 1 aromatic carbocycles. The fraction of sp³-hybridized carbons (Fsp3) is 0.444. The highest BCUT2D eigenvalue weighted by atomic mass is 16.6. The van der Waals surface area contributed by atoms with Crippen LogP contribution < -0.4 is 15.4 Å². The maximum Gasteiger partial charge on any atom is 0.344 e. The highest BCUT2D eigenvalue weighted by Crippen LogP contribution is 2.17. The molecule has 26 heavy (non-hydrogen) atoms. The molecule has 1 saturated carbocycles. The summed E-state index contributed by atoms with van der Waals surface area (Å²) >= 11 is 0. The zero-order valence-corrected chi connectivity index (χ0v) is 14.6. The van der Waals surface area contributed by atoms with Crippen LogP contribution in [0.15, 0.2) is 24.3 Å². The number of amides is 3. The summed E-state index contributed by atoms with van der Waals surface area (Å²) in [6, 6.07) is 5.87. The molecule has 0 heterocycles. The Hall–Kier alpha value is -2.90. The van der Waals surface area contributed by atoms with Crippen LogP contribution in [0, 0.1) is 0 Å². The molecule has 1 fully saturated rings. The number of urea groups is 1. The lowest BCUT2D eigenvalue weighted by Crippen LogP contribution is -2.45. The number of hydrogen-bond acceptors (Lipinski definition) is 6. The Balaban J connectivity index is 1.66. The maximum absolute atomic E-state index is 11.6. The van der Waals surface area contributed by atoms with Crippen LogP contribution in [-0.2, 0) is 14.3 Å². The van der Waals surface area contributed by atoms with E-state index in [0.717, 1.165) is 25.7 Å². The van der Waals surface area contributed by atoms with Gasteiger partial charge in [0.1, 0.15) is 5.75 Å². The maximum atomic E-state index is 11.6. The molecule has 0 spiro atoms. The van der Waals surface area contributed by atoms with Crippen molar-refractivity contribution in [3.05, 3.63) is 29.8 Å². The second kappa shape index (κ2) is 9.55. The fourth-order valence-electron chi connectivity index (χ4n) is 2.59. The van der Waals surface area contributed by atoms with Crippen LogP contribution in [0.2, 0.25) is 0 Å². The zero-order valence-electron chi connectivity index (χ0n) is 14.6. The SMILES string of the molecule is CC(=O)c1cccc(OCC(=O)OCC(=O)NC(=O)NC2CCCC2)c1. The van der Waals surface area contributed by atoms with Crippen LogP contribution in [0.5, 0.6) is 5.75 Å². The standard InChI is InChI=1S/C18H22N2O6/c1-12(21)13-5-4-8-15(9-13)25-11-17(23)26-10-16(22)20-18(24)19-14-6-2-3-7-14/h4-5,8-9,14H,2-3,6-7,10-11H2,1H3,(H2,19,20,22,24). The second-order valence-corrected chi connectivity index (χ2v) is 6.04. The molecule has 1 aliphatic rings. The van der Waals surface area contributed by atoms with E-state index in [2.05, 4.69) is 10.6 Å². The number of benzene rings is 1. The predicted molar refractivity (Wildman–Crippen MR) is 91.8 cm³/mol. The van der Waals surface area contributed by atoms with Crippen LogP contribution in [-0.4, -0.2) is 42.9 Å². The normalized spacial score (nSPS) is 13.7. The summed E-state index contributed by atoms with van der Waals surface area (Å²) in [7, 11) is 0. The van der Waals surface area contributed by atoms with Gasteiger partial charge in [0, 0.05) is 11.6 Å². The van der Waals surface area contributed by atoms with Gasteiger partial charge in [-0.2, -0.15) is 0 Å². The Kier molecular flexibility index (Phi) is 7.13. The number of carbonyl (C=O) groups excluding carboxylic acids is 4. The molecule has 0 aromatic heterocycles.